The molecular formula is C15H18FN3O3. The molecule has 1 amide bonds. The van der Waals surface area contributed by atoms with Gasteiger partial charge < -0.3 is 20.6 Å². The molecule has 22 heavy (non-hydrogen) atoms. The van der Waals surface area contributed by atoms with Crippen LogP contribution in [-0.4, -0.2) is 28.6 Å². The van der Waals surface area contributed by atoms with Crippen LogP contribution in [0.25, 0.3) is 0 Å². The predicted octanol–water partition coefficient (Wildman–Crippen LogP) is 1.17. The third-order valence-corrected chi connectivity index (χ3v) is 3.15. The Hall–Kier alpha value is -2.25. The number of nitrogens with two attached hydrogens (primary N) is 1. The normalized spacial score (nSPS) is 13.6. The summed E-state index contributed by atoms with van der Waals surface area (Å²) in [4.78, 5) is 15.8. The number of rotatable bonds is 6. The van der Waals surface area contributed by atoms with Crippen LogP contribution in [0.4, 0.5) is 4.39 Å². The largest absolute Gasteiger partial charge is 0.446 e. The molecule has 0 spiro atoms. The molecule has 4 N–H and O–H groups in total. The molecule has 1 aromatic heterocycles. The van der Waals surface area contributed by atoms with E-state index in [4.69, 9.17) is 10.2 Å². The molecular weight excluding hydrogens is 289 g/mol. The second-order valence-electron chi connectivity index (χ2n) is 4.97. The second kappa shape index (κ2) is 7.15. The molecule has 0 saturated heterocycles. The van der Waals surface area contributed by atoms with Gasteiger partial charge in [-0.1, -0.05) is 12.1 Å². The highest BCUT2D eigenvalue weighted by Crippen LogP contribution is 2.13. The minimum Gasteiger partial charge on any atom is -0.446 e. The number of amides is 1. The number of nitrogens with one attached hydrogen (secondary N) is 1. The Bertz CT molecular complexity index is 642. The van der Waals surface area contributed by atoms with Crippen LogP contribution >= 0.6 is 0 Å². The van der Waals surface area contributed by atoms with Crippen LogP contribution in [0, 0.1) is 5.82 Å². The zero-order chi connectivity index (χ0) is 16.1. The maximum absolute atomic E-state index is 13.0. The van der Waals surface area contributed by atoms with Crippen molar-refractivity contribution in [3.63, 3.8) is 0 Å². The van der Waals surface area contributed by atoms with Crippen molar-refractivity contribution >= 4 is 5.91 Å². The number of hydrogen-bond donors (Lipinski definition) is 3. The molecule has 0 aliphatic heterocycles. The highest BCUT2D eigenvalue weighted by molar-refractivity contribution is 5.91. The van der Waals surface area contributed by atoms with Crippen molar-refractivity contribution in [1.29, 1.82) is 0 Å². The van der Waals surface area contributed by atoms with Crippen LogP contribution in [0.5, 0.6) is 0 Å². The molecule has 0 aliphatic carbocycles. The van der Waals surface area contributed by atoms with Gasteiger partial charge in [-0.05, 0) is 31.0 Å². The van der Waals surface area contributed by atoms with Crippen LogP contribution in [0.1, 0.15) is 34.9 Å². The molecule has 7 heteroatoms. The molecule has 2 aromatic rings. The summed E-state index contributed by atoms with van der Waals surface area (Å²) in [5.74, 6) is -0.619. The summed E-state index contributed by atoms with van der Waals surface area (Å²) in [6.45, 7) is 1.85. The van der Waals surface area contributed by atoms with Crippen LogP contribution in [0.2, 0.25) is 0 Å². The molecule has 0 aliphatic rings. The number of aromatic nitrogens is 1. The van der Waals surface area contributed by atoms with Crippen LogP contribution in [0.3, 0.4) is 0 Å². The SMILES string of the molecule is CC(O)C(N)c1nc(C(=O)NCCc2cccc(F)c2)co1. The zero-order valence-corrected chi connectivity index (χ0v) is 12.1. The maximum atomic E-state index is 13.0. The minimum atomic E-state index is -0.831. The lowest BCUT2D eigenvalue weighted by Gasteiger charge is -2.09. The van der Waals surface area contributed by atoms with E-state index in [1.54, 1.807) is 12.1 Å². The third kappa shape index (κ3) is 4.12. The lowest BCUT2D eigenvalue weighted by atomic mass is 10.1. The van der Waals surface area contributed by atoms with Gasteiger partial charge in [0.25, 0.3) is 5.91 Å². The Balaban J connectivity index is 1.87. The van der Waals surface area contributed by atoms with E-state index in [2.05, 4.69) is 10.3 Å². The number of aliphatic hydroxyl groups is 1. The van der Waals surface area contributed by atoms with E-state index in [1.165, 1.54) is 25.3 Å². The first-order valence-corrected chi connectivity index (χ1v) is 6.89. The van der Waals surface area contributed by atoms with E-state index >= 15 is 0 Å². The van der Waals surface area contributed by atoms with Gasteiger partial charge in [0, 0.05) is 6.54 Å². The monoisotopic (exact) mass is 307 g/mol. The fourth-order valence-electron chi connectivity index (χ4n) is 1.85. The van der Waals surface area contributed by atoms with Crippen LogP contribution < -0.4 is 11.1 Å². The van der Waals surface area contributed by atoms with Crippen LogP contribution in [-0.2, 0) is 6.42 Å². The number of nitrogens with zero attached hydrogens (tertiary/aromatic N) is 1. The third-order valence-electron chi connectivity index (χ3n) is 3.15. The van der Waals surface area contributed by atoms with Gasteiger partial charge in [-0.2, -0.15) is 0 Å². The quantitative estimate of drug-likeness (QED) is 0.743. The maximum Gasteiger partial charge on any atom is 0.273 e. The summed E-state index contributed by atoms with van der Waals surface area (Å²) < 4.78 is 18.1. The Morgan fingerprint density at radius 1 is 1.55 bits per heavy atom. The van der Waals surface area contributed by atoms with Crippen molar-refractivity contribution in [2.24, 2.45) is 5.73 Å². The Morgan fingerprint density at radius 3 is 3.00 bits per heavy atom. The van der Waals surface area contributed by atoms with Gasteiger partial charge in [0.1, 0.15) is 18.1 Å². The van der Waals surface area contributed by atoms with E-state index in [1.807, 2.05) is 0 Å². The van der Waals surface area contributed by atoms with Gasteiger partial charge in [-0.25, -0.2) is 9.37 Å². The number of halogens is 1. The molecule has 2 atom stereocenters. The van der Waals surface area contributed by atoms with Gasteiger partial charge in [-0.15, -0.1) is 0 Å². The highest BCUT2D eigenvalue weighted by atomic mass is 19.1. The lowest BCUT2D eigenvalue weighted by Crippen LogP contribution is -2.27. The minimum absolute atomic E-state index is 0.0883. The van der Waals surface area contributed by atoms with Crippen LogP contribution in [0.15, 0.2) is 34.9 Å². The smallest absolute Gasteiger partial charge is 0.273 e. The number of oxazole rings is 1. The molecule has 0 saturated carbocycles. The van der Waals surface area contributed by atoms with Gasteiger partial charge >= 0.3 is 0 Å². The number of carbonyl (C=O) groups excluding carboxylic acids is 1. The molecule has 1 heterocycles. The summed E-state index contributed by atoms with van der Waals surface area (Å²) in [5, 5.41) is 12.0. The first-order chi connectivity index (χ1) is 10.5. The standard InChI is InChI=1S/C15H18FN3O3/c1-9(20)13(17)15-19-12(8-22-15)14(21)18-6-5-10-3-2-4-11(16)7-10/h2-4,7-9,13,20H,5-6,17H2,1H3,(H,18,21). The molecule has 6 nitrogen and oxygen atoms in total. The zero-order valence-electron chi connectivity index (χ0n) is 12.1. The summed E-state index contributed by atoms with van der Waals surface area (Å²) in [7, 11) is 0. The number of benzene rings is 1. The summed E-state index contributed by atoms with van der Waals surface area (Å²) in [6.07, 6.45) is 0.860. The van der Waals surface area contributed by atoms with E-state index in [-0.39, 0.29) is 17.4 Å². The Morgan fingerprint density at radius 2 is 2.32 bits per heavy atom. The number of carbonyl (C=O) groups is 1. The van der Waals surface area contributed by atoms with E-state index < -0.39 is 18.1 Å². The number of hydrogen-bond acceptors (Lipinski definition) is 5. The predicted molar refractivity (Wildman–Crippen MR) is 77.5 cm³/mol. The van der Waals surface area contributed by atoms with Crippen molar-refractivity contribution in [1.82, 2.24) is 10.3 Å². The average Bonchev–Trinajstić information content (AvgIpc) is 2.96. The first kappa shape index (κ1) is 16.1. The molecule has 2 rings (SSSR count). The summed E-state index contributed by atoms with van der Waals surface area (Å²) in [6, 6.07) is 5.40. The summed E-state index contributed by atoms with van der Waals surface area (Å²) >= 11 is 0. The average molecular weight is 307 g/mol. The van der Waals surface area contributed by atoms with Crippen molar-refractivity contribution < 1.29 is 18.7 Å². The lowest BCUT2D eigenvalue weighted by molar-refractivity contribution is 0.0948. The number of aliphatic hydroxyl groups excluding tert-OH is 1. The van der Waals surface area contributed by atoms with Gasteiger partial charge in [-0.3, -0.25) is 4.79 Å². The van der Waals surface area contributed by atoms with E-state index in [9.17, 15) is 14.3 Å². The van der Waals surface area contributed by atoms with Crippen molar-refractivity contribution in [3.05, 3.63) is 53.5 Å². The molecule has 118 valence electrons. The highest BCUT2D eigenvalue weighted by Gasteiger charge is 2.20. The molecule has 0 bridgehead atoms. The fourth-order valence-corrected chi connectivity index (χ4v) is 1.85. The van der Waals surface area contributed by atoms with Gasteiger partial charge in [0.15, 0.2) is 5.69 Å². The van der Waals surface area contributed by atoms with Crippen molar-refractivity contribution in [3.8, 4) is 0 Å². The fraction of sp³-hybridized carbons (Fsp3) is 0.333. The Kier molecular flexibility index (Phi) is 5.24. The topological polar surface area (TPSA) is 101 Å². The van der Waals surface area contributed by atoms with Gasteiger partial charge in [0.2, 0.25) is 5.89 Å². The van der Waals surface area contributed by atoms with E-state index in [0.717, 1.165) is 5.56 Å². The summed E-state index contributed by atoms with van der Waals surface area (Å²) in [5.41, 5.74) is 6.55. The first-order valence-electron chi connectivity index (χ1n) is 6.89. The van der Waals surface area contributed by atoms with E-state index in [0.29, 0.717) is 13.0 Å². The molecule has 0 fully saturated rings. The van der Waals surface area contributed by atoms with Crippen molar-refractivity contribution in [2.75, 3.05) is 6.54 Å². The molecule has 1 aromatic carbocycles. The van der Waals surface area contributed by atoms with Gasteiger partial charge in [0.05, 0.1) is 6.10 Å². The molecule has 2 unspecified atom stereocenters. The molecule has 0 radical (unpaired) electrons. The van der Waals surface area contributed by atoms with Crippen molar-refractivity contribution in [2.45, 2.75) is 25.5 Å². The second-order valence-corrected chi connectivity index (χ2v) is 4.97. The Labute approximate surface area is 127 Å².